The highest BCUT2D eigenvalue weighted by Gasteiger charge is 2.11. The van der Waals surface area contributed by atoms with Gasteiger partial charge in [0, 0.05) is 19.3 Å². The van der Waals surface area contributed by atoms with Gasteiger partial charge in [-0.2, -0.15) is 10.4 Å². The van der Waals surface area contributed by atoms with Crippen molar-refractivity contribution >= 4 is 5.69 Å². The maximum Gasteiger partial charge on any atom is 0.0991 e. The normalized spacial score (nSPS) is 11.9. The smallest absolute Gasteiger partial charge is 0.0991 e. The van der Waals surface area contributed by atoms with Crippen LogP contribution in [0.25, 0.3) is 0 Å². The third kappa shape index (κ3) is 2.94. The predicted molar refractivity (Wildman–Crippen MR) is 75.8 cm³/mol. The Labute approximate surface area is 113 Å². The SMILES string of the molecule is CCc1nn(C)cc1NC(C)c1cccc(C#N)c1. The third-order valence-corrected chi connectivity index (χ3v) is 3.13. The van der Waals surface area contributed by atoms with Crippen molar-refractivity contribution in [2.45, 2.75) is 26.3 Å². The Balaban J connectivity index is 2.20. The Kier molecular flexibility index (Phi) is 3.86. The second-order valence-corrected chi connectivity index (χ2v) is 4.62. The van der Waals surface area contributed by atoms with Gasteiger partial charge in [0.1, 0.15) is 0 Å². The minimum atomic E-state index is 0.141. The largest absolute Gasteiger partial charge is 0.376 e. The van der Waals surface area contributed by atoms with E-state index in [1.54, 1.807) is 0 Å². The number of nitriles is 1. The Morgan fingerprint density at radius 1 is 1.47 bits per heavy atom. The highest BCUT2D eigenvalue weighted by Crippen LogP contribution is 2.22. The molecule has 0 saturated carbocycles. The molecule has 0 amide bonds. The van der Waals surface area contributed by atoms with Crippen LogP contribution in [-0.4, -0.2) is 9.78 Å². The molecule has 1 aromatic carbocycles. The van der Waals surface area contributed by atoms with E-state index in [1.807, 2.05) is 42.2 Å². The fourth-order valence-corrected chi connectivity index (χ4v) is 2.11. The van der Waals surface area contributed by atoms with Gasteiger partial charge in [0.15, 0.2) is 0 Å². The van der Waals surface area contributed by atoms with Crippen molar-refractivity contribution in [3.05, 3.63) is 47.3 Å². The monoisotopic (exact) mass is 254 g/mol. The van der Waals surface area contributed by atoms with E-state index in [1.165, 1.54) is 0 Å². The summed E-state index contributed by atoms with van der Waals surface area (Å²) in [6.07, 6.45) is 2.89. The number of anilines is 1. The molecule has 19 heavy (non-hydrogen) atoms. The van der Waals surface area contributed by atoms with Crippen LogP contribution in [0.5, 0.6) is 0 Å². The molecule has 98 valence electrons. The highest BCUT2D eigenvalue weighted by atomic mass is 15.3. The van der Waals surface area contributed by atoms with Gasteiger partial charge >= 0.3 is 0 Å². The summed E-state index contributed by atoms with van der Waals surface area (Å²) in [5, 5.41) is 16.8. The molecule has 1 aromatic heterocycles. The zero-order chi connectivity index (χ0) is 13.8. The molecule has 0 spiro atoms. The average Bonchev–Trinajstić information content (AvgIpc) is 2.78. The number of benzene rings is 1. The summed E-state index contributed by atoms with van der Waals surface area (Å²) in [6, 6.07) is 9.98. The number of rotatable bonds is 4. The molecule has 1 atom stereocenters. The molecule has 1 N–H and O–H groups in total. The van der Waals surface area contributed by atoms with E-state index in [9.17, 15) is 0 Å². The van der Waals surface area contributed by atoms with Crippen molar-refractivity contribution < 1.29 is 0 Å². The first kappa shape index (κ1) is 13.2. The number of aromatic nitrogens is 2. The Bertz CT molecular complexity index is 607. The van der Waals surface area contributed by atoms with E-state index >= 15 is 0 Å². The summed E-state index contributed by atoms with van der Waals surface area (Å²) in [5.41, 5.74) is 3.91. The van der Waals surface area contributed by atoms with Gasteiger partial charge < -0.3 is 5.32 Å². The summed E-state index contributed by atoms with van der Waals surface area (Å²) < 4.78 is 1.82. The second kappa shape index (κ2) is 5.57. The fraction of sp³-hybridized carbons (Fsp3) is 0.333. The Morgan fingerprint density at radius 3 is 2.95 bits per heavy atom. The van der Waals surface area contributed by atoms with Gasteiger partial charge in [0.2, 0.25) is 0 Å². The number of hydrogen-bond donors (Lipinski definition) is 1. The summed E-state index contributed by atoms with van der Waals surface area (Å²) in [5.74, 6) is 0. The lowest BCUT2D eigenvalue weighted by Gasteiger charge is -2.15. The molecule has 0 bridgehead atoms. The van der Waals surface area contributed by atoms with E-state index in [0.717, 1.165) is 23.4 Å². The molecule has 0 aliphatic rings. The van der Waals surface area contributed by atoms with Crippen LogP contribution in [0.3, 0.4) is 0 Å². The predicted octanol–water partition coefficient (Wildman–Crippen LogP) is 3.03. The number of aryl methyl sites for hydroxylation is 2. The summed E-state index contributed by atoms with van der Waals surface area (Å²) in [4.78, 5) is 0. The molecule has 0 fully saturated rings. The van der Waals surface area contributed by atoms with E-state index in [0.29, 0.717) is 5.56 Å². The molecule has 4 heteroatoms. The zero-order valence-electron chi connectivity index (χ0n) is 11.5. The van der Waals surface area contributed by atoms with Gasteiger partial charge in [-0.25, -0.2) is 0 Å². The van der Waals surface area contributed by atoms with Gasteiger partial charge in [-0.05, 0) is 31.0 Å². The van der Waals surface area contributed by atoms with E-state index < -0.39 is 0 Å². The van der Waals surface area contributed by atoms with Crippen LogP contribution in [-0.2, 0) is 13.5 Å². The lowest BCUT2D eigenvalue weighted by molar-refractivity contribution is 0.746. The topological polar surface area (TPSA) is 53.6 Å². The van der Waals surface area contributed by atoms with Gasteiger partial charge in [0.05, 0.1) is 23.0 Å². The molecule has 4 nitrogen and oxygen atoms in total. The van der Waals surface area contributed by atoms with Crippen molar-refractivity contribution in [2.75, 3.05) is 5.32 Å². The van der Waals surface area contributed by atoms with E-state index in [2.05, 4.69) is 30.3 Å². The van der Waals surface area contributed by atoms with Crippen molar-refractivity contribution in [3.63, 3.8) is 0 Å². The van der Waals surface area contributed by atoms with Crippen LogP contribution in [0, 0.1) is 11.3 Å². The lowest BCUT2D eigenvalue weighted by atomic mass is 10.1. The van der Waals surface area contributed by atoms with Crippen molar-refractivity contribution in [1.82, 2.24) is 9.78 Å². The van der Waals surface area contributed by atoms with Gasteiger partial charge in [-0.1, -0.05) is 19.1 Å². The molecular weight excluding hydrogens is 236 g/mol. The molecule has 2 aromatic rings. The molecular formula is C15H18N4. The molecule has 0 aliphatic heterocycles. The number of nitrogens with zero attached hydrogens (tertiary/aromatic N) is 3. The van der Waals surface area contributed by atoms with E-state index in [4.69, 9.17) is 5.26 Å². The quantitative estimate of drug-likeness (QED) is 0.912. The first-order valence-corrected chi connectivity index (χ1v) is 6.43. The highest BCUT2D eigenvalue weighted by molar-refractivity contribution is 5.49. The van der Waals surface area contributed by atoms with Crippen LogP contribution < -0.4 is 5.32 Å². The molecule has 1 heterocycles. The van der Waals surface area contributed by atoms with Crippen LogP contribution in [0.1, 0.15) is 36.7 Å². The standard InChI is InChI=1S/C15H18N4/c1-4-14-15(10-19(3)18-14)17-11(2)13-7-5-6-12(8-13)9-16/h5-8,10-11,17H,4H2,1-3H3. The van der Waals surface area contributed by atoms with Crippen LogP contribution in [0.2, 0.25) is 0 Å². The molecule has 2 rings (SSSR count). The minimum absolute atomic E-state index is 0.141. The second-order valence-electron chi connectivity index (χ2n) is 4.62. The average molecular weight is 254 g/mol. The van der Waals surface area contributed by atoms with E-state index in [-0.39, 0.29) is 6.04 Å². The van der Waals surface area contributed by atoms with Crippen LogP contribution >= 0.6 is 0 Å². The third-order valence-electron chi connectivity index (χ3n) is 3.13. The summed E-state index contributed by atoms with van der Waals surface area (Å²) in [6.45, 7) is 4.18. The molecule has 0 radical (unpaired) electrons. The van der Waals surface area contributed by atoms with Gasteiger partial charge in [0.25, 0.3) is 0 Å². The first-order valence-electron chi connectivity index (χ1n) is 6.43. The molecule has 1 unspecified atom stereocenters. The molecule has 0 saturated heterocycles. The Hall–Kier alpha value is -2.28. The first-order chi connectivity index (χ1) is 9.13. The maximum absolute atomic E-state index is 8.94. The van der Waals surface area contributed by atoms with Crippen LogP contribution in [0.4, 0.5) is 5.69 Å². The zero-order valence-corrected chi connectivity index (χ0v) is 11.5. The minimum Gasteiger partial charge on any atom is -0.376 e. The lowest BCUT2D eigenvalue weighted by Crippen LogP contribution is -2.07. The van der Waals surface area contributed by atoms with Gasteiger partial charge in [-0.15, -0.1) is 0 Å². The summed E-state index contributed by atoms with van der Waals surface area (Å²) in [7, 11) is 1.92. The summed E-state index contributed by atoms with van der Waals surface area (Å²) >= 11 is 0. The van der Waals surface area contributed by atoms with Crippen molar-refractivity contribution in [1.29, 1.82) is 5.26 Å². The number of nitrogens with one attached hydrogen (secondary N) is 1. The van der Waals surface area contributed by atoms with Crippen molar-refractivity contribution in [3.8, 4) is 6.07 Å². The van der Waals surface area contributed by atoms with Crippen LogP contribution in [0.15, 0.2) is 30.5 Å². The Morgan fingerprint density at radius 2 is 2.26 bits per heavy atom. The molecule has 0 aliphatic carbocycles. The maximum atomic E-state index is 8.94. The number of hydrogen-bond acceptors (Lipinski definition) is 3. The van der Waals surface area contributed by atoms with Crippen molar-refractivity contribution in [2.24, 2.45) is 7.05 Å². The van der Waals surface area contributed by atoms with Gasteiger partial charge in [-0.3, -0.25) is 4.68 Å². The fourth-order valence-electron chi connectivity index (χ4n) is 2.11.